The molecule has 5 rings (SSSR count). The number of nitrogens with one attached hydrogen (secondary N) is 2. The van der Waals surface area contributed by atoms with E-state index < -0.39 is 23.9 Å². The van der Waals surface area contributed by atoms with Crippen molar-refractivity contribution in [3.05, 3.63) is 52.6 Å². The summed E-state index contributed by atoms with van der Waals surface area (Å²) in [4.78, 5) is 21.9. The average molecular weight is 528 g/mol. The first-order valence-corrected chi connectivity index (χ1v) is 11.9. The molecule has 0 bridgehead atoms. The van der Waals surface area contributed by atoms with Crippen LogP contribution in [0.1, 0.15) is 34.6 Å². The molecule has 0 aliphatic carbocycles. The van der Waals surface area contributed by atoms with Crippen LogP contribution < -0.4 is 15.5 Å². The highest BCUT2D eigenvalue weighted by atomic mass is 19.4. The molecular formula is C26H27F6N3O2. The number of halogens is 6. The number of rotatable bonds is 3. The van der Waals surface area contributed by atoms with Gasteiger partial charge in [0.15, 0.2) is 0 Å². The molecule has 0 aromatic heterocycles. The normalized spacial score (nSPS) is 20.4. The van der Waals surface area contributed by atoms with E-state index in [2.05, 4.69) is 59.7 Å². The number of aryl methyl sites for hydroxylation is 3. The first kappa shape index (κ1) is 27.0. The molecule has 1 saturated heterocycles. The van der Waals surface area contributed by atoms with E-state index in [0.717, 1.165) is 12.5 Å². The third-order valence-corrected chi connectivity index (χ3v) is 7.12. The predicted molar refractivity (Wildman–Crippen MR) is 127 cm³/mol. The molecule has 2 aromatic carbocycles. The number of carbonyl (C=O) groups is 2. The predicted octanol–water partition coefficient (Wildman–Crippen LogP) is 5.37. The molecule has 0 spiro atoms. The number of fused-ring (bicyclic) bond motifs is 2. The van der Waals surface area contributed by atoms with Crippen molar-refractivity contribution in [3.8, 4) is 0 Å². The van der Waals surface area contributed by atoms with Gasteiger partial charge in [0.05, 0.1) is 0 Å². The third kappa shape index (κ3) is 5.76. The summed E-state index contributed by atoms with van der Waals surface area (Å²) < 4.78 is 67.0. The maximum Gasteiger partial charge on any atom is 0.458 e. The van der Waals surface area contributed by atoms with Crippen LogP contribution in [0.5, 0.6) is 0 Å². The fourth-order valence-electron chi connectivity index (χ4n) is 5.22. The quantitative estimate of drug-likeness (QED) is 0.416. The Kier molecular flexibility index (Phi) is 7.29. The highest BCUT2D eigenvalue weighted by Gasteiger charge is 2.54. The second kappa shape index (κ2) is 10.00. The van der Waals surface area contributed by atoms with Crippen LogP contribution in [0.2, 0.25) is 0 Å². The third-order valence-electron chi connectivity index (χ3n) is 7.12. The van der Waals surface area contributed by atoms with Crippen molar-refractivity contribution in [3.63, 3.8) is 0 Å². The lowest BCUT2D eigenvalue weighted by molar-refractivity contribution is -0.193. The van der Waals surface area contributed by atoms with E-state index in [-0.39, 0.29) is 0 Å². The molecule has 200 valence electrons. The molecule has 11 heteroatoms. The van der Waals surface area contributed by atoms with Crippen LogP contribution in [0, 0.1) is 19.8 Å². The number of carbonyl (C=O) groups excluding carboxylic acids is 2. The lowest BCUT2D eigenvalue weighted by Gasteiger charge is -2.42. The highest BCUT2D eigenvalue weighted by Crippen LogP contribution is 2.46. The van der Waals surface area contributed by atoms with Crippen LogP contribution in [-0.4, -0.2) is 50.1 Å². The van der Waals surface area contributed by atoms with Crippen LogP contribution in [0.3, 0.4) is 0 Å². The molecule has 1 fully saturated rings. The minimum Gasteiger partial charge on any atom is -0.371 e. The molecule has 2 N–H and O–H groups in total. The van der Waals surface area contributed by atoms with Crippen molar-refractivity contribution in [2.24, 2.45) is 5.92 Å². The topological polar surface area (TPSA) is 61.4 Å². The van der Waals surface area contributed by atoms with Crippen molar-refractivity contribution in [2.45, 2.75) is 45.0 Å². The number of alkyl halides is 6. The van der Waals surface area contributed by atoms with Crippen molar-refractivity contribution >= 4 is 28.6 Å². The van der Waals surface area contributed by atoms with Crippen LogP contribution in [0.25, 0.3) is 0 Å². The van der Waals surface area contributed by atoms with E-state index in [1.807, 2.05) is 0 Å². The number of ketones is 2. The van der Waals surface area contributed by atoms with Crippen molar-refractivity contribution in [2.75, 3.05) is 36.4 Å². The molecule has 0 amide bonds. The zero-order chi connectivity index (χ0) is 27.1. The Labute approximate surface area is 210 Å². The van der Waals surface area contributed by atoms with Gasteiger partial charge in [-0.15, -0.1) is 0 Å². The largest absolute Gasteiger partial charge is 0.458 e. The second-order valence-electron chi connectivity index (χ2n) is 9.73. The molecule has 0 unspecified atom stereocenters. The molecule has 3 heterocycles. The molecule has 2 aromatic rings. The van der Waals surface area contributed by atoms with Gasteiger partial charge in [-0.2, -0.15) is 26.3 Å². The summed E-state index contributed by atoms with van der Waals surface area (Å²) in [6, 6.07) is 11.5. The summed E-state index contributed by atoms with van der Waals surface area (Å²) in [5, 5.41) is 7.30. The van der Waals surface area contributed by atoms with Crippen LogP contribution >= 0.6 is 0 Å². The maximum atomic E-state index is 11.2. The fraction of sp³-hybridized carbons (Fsp3) is 0.462. The van der Waals surface area contributed by atoms with Crippen molar-refractivity contribution < 1.29 is 35.9 Å². The Hall–Kier alpha value is -3.08. The first-order valence-electron chi connectivity index (χ1n) is 11.9. The summed E-state index contributed by atoms with van der Waals surface area (Å²) in [7, 11) is 0. The number of hydrogen-bond acceptors (Lipinski definition) is 5. The van der Waals surface area contributed by atoms with Gasteiger partial charge in [-0.3, -0.25) is 9.59 Å². The van der Waals surface area contributed by atoms with E-state index >= 15 is 0 Å². The smallest absolute Gasteiger partial charge is 0.371 e. The molecule has 5 nitrogen and oxygen atoms in total. The minimum atomic E-state index is -5.77. The lowest BCUT2D eigenvalue weighted by atomic mass is 9.80. The van der Waals surface area contributed by atoms with Gasteiger partial charge < -0.3 is 15.5 Å². The van der Waals surface area contributed by atoms with E-state index in [1.165, 1.54) is 55.0 Å². The van der Waals surface area contributed by atoms with Gasteiger partial charge in [0.2, 0.25) is 0 Å². The van der Waals surface area contributed by atoms with E-state index in [1.54, 1.807) is 16.8 Å². The zero-order valence-corrected chi connectivity index (χ0v) is 20.3. The van der Waals surface area contributed by atoms with E-state index in [0.29, 0.717) is 5.92 Å². The summed E-state index contributed by atoms with van der Waals surface area (Å²) >= 11 is 0. The van der Waals surface area contributed by atoms with Gasteiger partial charge in [0, 0.05) is 49.2 Å². The van der Waals surface area contributed by atoms with E-state index in [9.17, 15) is 35.9 Å². The van der Waals surface area contributed by atoms with E-state index in [4.69, 9.17) is 0 Å². The van der Waals surface area contributed by atoms with Crippen molar-refractivity contribution in [1.29, 1.82) is 0 Å². The van der Waals surface area contributed by atoms with Gasteiger partial charge in [0.1, 0.15) is 0 Å². The molecule has 3 aliphatic heterocycles. The highest BCUT2D eigenvalue weighted by molar-refractivity contribution is 6.41. The van der Waals surface area contributed by atoms with Gasteiger partial charge in [0.25, 0.3) is 0 Å². The molecule has 3 aliphatic rings. The minimum absolute atomic E-state index is 0.685. The first-order chi connectivity index (χ1) is 17.3. The molecule has 0 radical (unpaired) electrons. The standard InChI is InChI=1S/C22H27N3.C4F6O2/c1-14-5-6-18(8-15(14)2)24-19-9-16-4-3-7-25-13-17-11-23-12-21(17)20(10-19)22(16)25;5-3(6,7)1(11)2(12)4(8,9)10/h5-6,8-10,17,21,23-24H,3-4,7,11-13H2,1-2H3;/t17-,21-;/m1./s1. The zero-order valence-electron chi connectivity index (χ0n) is 20.3. The average Bonchev–Trinajstić information content (AvgIpc) is 3.29. The molecule has 0 saturated carbocycles. The summed E-state index contributed by atoms with van der Waals surface area (Å²) in [5.74, 6) is -5.36. The lowest BCUT2D eigenvalue weighted by Crippen LogP contribution is -2.40. The number of benzene rings is 2. The SMILES string of the molecule is Cc1ccc(Nc2cc3c4c(c2)[C@@H]2CNC[C@@H]2CN4CCC3)cc1C.O=C(C(=O)C(F)(F)F)C(F)(F)F. The molecular weight excluding hydrogens is 500 g/mol. The monoisotopic (exact) mass is 527 g/mol. The van der Waals surface area contributed by atoms with Gasteiger partial charge in [-0.1, -0.05) is 6.07 Å². The Balaban J connectivity index is 0.000000229. The number of Topliss-reactive ketones (excluding diaryl/α,β-unsaturated/α-hetero) is 2. The Morgan fingerprint density at radius 1 is 0.919 bits per heavy atom. The molecule has 2 atom stereocenters. The Morgan fingerprint density at radius 3 is 2.22 bits per heavy atom. The summed E-state index contributed by atoms with van der Waals surface area (Å²) in [5.41, 5.74) is 9.82. The number of anilines is 3. The fourth-order valence-corrected chi connectivity index (χ4v) is 5.22. The van der Waals surface area contributed by atoms with Crippen LogP contribution in [0.4, 0.5) is 43.4 Å². The van der Waals surface area contributed by atoms with Gasteiger partial charge in [-0.25, -0.2) is 0 Å². The van der Waals surface area contributed by atoms with Crippen molar-refractivity contribution in [1.82, 2.24) is 5.32 Å². The molecule has 37 heavy (non-hydrogen) atoms. The summed E-state index contributed by atoms with van der Waals surface area (Å²) in [6.07, 6.45) is -9.05. The van der Waals surface area contributed by atoms with Gasteiger partial charge in [-0.05, 0) is 79.1 Å². The number of nitrogens with zero attached hydrogens (tertiary/aromatic N) is 1. The van der Waals surface area contributed by atoms with Gasteiger partial charge >= 0.3 is 23.9 Å². The number of hydrogen-bond donors (Lipinski definition) is 2. The second-order valence-corrected chi connectivity index (χ2v) is 9.73. The van der Waals surface area contributed by atoms with Crippen LogP contribution in [-0.2, 0) is 16.0 Å². The maximum absolute atomic E-state index is 11.2. The van der Waals surface area contributed by atoms with Crippen LogP contribution in [0.15, 0.2) is 30.3 Å². The summed E-state index contributed by atoms with van der Waals surface area (Å²) in [6.45, 7) is 9.13. The Bertz CT molecular complexity index is 1180. The Morgan fingerprint density at radius 2 is 1.59 bits per heavy atom.